The minimum atomic E-state index is 0.390. The molecule has 0 unspecified atom stereocenters. The van der Waals surface area contributed by atoms with Crippen molar-refractivity contribution >= 4 is 16.7 Å². The van der Waals surface area contributed by atoms with Crippen molar-refractivity contribution in [2.24, 2.45) is 0 Å². The van der Waals surface area contributed by atoms with E-state index in [9.17, 15) is 0 Å². The van der Waals surface area contributed by atoms with Crippen LogP contribution in [0.3, 0.4) is 0 Å². The molecule has 14 heavy (non-hydrogen) atoms. The molecule has 2 aromatic heterocycles. The predicted molar refractivity (Wildman–Crippen MR) is 53.0 cm³/mol. The second-order valence-electron chi connectivity index (χ2n) is 2.92. The second kappa shape index (κ2) is 3.10. The average molecular weight is 190 g/mol. The first kappa shape index (κ1) is 8.68. The van der Waals surface area contributed by atoms with Gasteiger partial charge in [-0.1, -0.05) is 0 Å². The molecule has 0 aliphatic carbocycles. The average Bonchev–Trinajstić information content (AvgIpc) is 2.23. The molecule has 0 saturated carbocycles. The van der Waals surface area contributed by atoms with Gasteiger partial charge in [-0.05, 0) is 13.0 Å². The molecule has 0 bridgehead atoms. The third kappa shape index (κ3) is 1.22. The van der Waals surface area contributed by atoms with Gasteiger partial charge in [0.1, 0.15) is 5.52 Å². The number of aryl methyl sites for hydroxylation is 1. The van der Waals surface area contributed by atoms with Crippen LogP contribution in [-0.4, -0.2) is 22.3 Å². The first-order chi connectivity index (χ1) is 6.72. The number of nitrogen functional groups attached to an aromatic ring is 1. The molecule has 0 amide bonds. The highest BCUT2D eigenvalue weighted by atomic mass is 16.5. The van der Waals surface area contributed by atoms with Crippen LogP contribution in [0.5, 0.6) is 5.88 Å². The quantitative estimate of drug-likeness (QED) is 0.723. The number of hydrogen-bond acceptors (Lipinski definition) is 5. The van der Waals surface area contributed by atoms with Gasteiger partial charge in [-0.15, -0.1) is 5.10 Å². The van der Waals surface area contributed by atoms with E-state index in [1.54, 1.807) is 13.2 Å². The van der Waals surface area contributed by atoms with Gasteiger partial charge in [0.25, 0.3) is 0 Å². The van der Waals surface area contributed by atoms with Crippen molar-refractivity contribution in [1.82, 2.24) is 15.2 Å². The number of pyridine rings is 1. The van der Waals surface area contributed by atoms with Crippen LogP contribution in [-0.2, 0) is 0 Å². The van der Waals surface area contributed by atoms with Gasteiger partial charge in [0.05, 0.1) is 12.8 Å². The summed E-state index contributed by atoms with van der Waals surface area (Å²) in [5.41, 5.74) is 7.14. The molecule has 0 fully saturated rings. The van der Waals surface area contributed by atoms with Gasteiger partial charge >= 0.3 is 0 Å². The lowest BCUT2D eigenvalue weighted by molar-refractivity contribution is 0.399. The van der Waals surface area contributed by atoms with Crippen LogP contribution < -0.4 is 10.5 Å². The largest absolute Gasteiger partial charge is 0.481 e. The lowest BCUT2D eigenvalue weighted by atomic mass is 10.2. The maximum absolute atomic E-state index is 5.66. The van der Waals surface area contributed by atoms with Crippen molar-refractivity contribution < 1.29 is 4.74 Å². The fraction of sp³-hybridized carbons (Fsp3) is 0.222. The lowest BCUT2D eigenvalue weighted by Gasteiger charge is -2.04. The van der Waals surface area contributed by atoms with Gasteiger partial charge in [0.15, 0.2) is 5.82 Å². The predicted octanol–water partition coefficient (Wildman–Crippen LogP) is 0.924. The topological polar surface area (TPSA) is 73.9 Å². The summed E-state index contributed by atoms with van der Waals surface area (Å²) < 4.78 is 5.02. The Labute approximate surface area is 80.9 Å². The number of anilines is 1. The summed E-state index contributed by atoms with van der Waals surface area (Å²) in [4.78, 5) is 4.25. The van der Waals surface area contributed by atoms with Crippen molar-refractivity contribution in [3.63, 3.8) is 0 Å². The molecule has 0 atom stereocenters. The number of aromatic nitrogens is 3. The first-order valence-electron chi connectivity index (χ1n) is 4.16. The molecule has 2 N–H and O–H groups in total. The summed E-state index contributed by atoms with van der Waals surface area (Å²) in [5, 5.41) is 8.50. The van der Waals surface area contributed by atoms with Crippen LogP contribution in [0.4, 0.5) is 5.82 Å². The van der Waals surface area contributed by atoms with Crippen LogP contribution in [0.15, 0.2) is 12.1 Å². The van der Waals surface area contributed by atoms with Crippen molar-refractivity contribution in [2.75, 3.05) is 12.8 Å². The Morgan fingerprint density at radius 1 is 1.29 bits per heavy atom. The zero-order chi connectivity index (χ0) is 10.1. The Bertz CT molecular complexity index is 483. The molecule has 0 aliphatic heterocycles. The van der Waals surface area contributed by atoms with Gasteiger partial charge in [-0.2, -0.15) is 5.10 Å². The number of fused-ring (bicyclic) bond motifs is 1. The first-order valence-corrected chi connectivity index (χ1v) is 4.16. The molecular formula is C9H10N4O. The van der Waals surface area contributed by atoms with Gasteiger partial charge in [0.2, 0.25) is 5.88 Å². The third-order valence-electron chi connectivity index (χ3n) is 2.01. The fourth-order valence-corrected chi connectivity index (χ4v) is 1.27. The van der Waals surface area contributed by atoms with Crippen molar-refractivity contribution in [2.45, 2.75) is 6.92 Å². The fourth-order valence-electron chi connectivity index (χ4n) is 1.27. The molecule has 72 valence electrons. The monoisotopic (exact) mass is 190 g/mol. The van der Waals surface area contributed by atoms with E-state index in [4.69, 9.17) is 10.5 Å². The summed E-state index contributed by atoms with van der Waals surface area (Å²) in [6.45, 7) is 1.83. The summed E-state index contributed by atoms with van der Waals surface area (Å²) >= 11 is 0. The zero-order valence-electron chi connectivity index (χ0n) is 7.98. The molecule has 0 spiro atoms. The number of rotatable bonds is 1. The molecule has 0 saturated heterocycles. The normalized spacial score (nSPS) is 10.4. The van der Waals surface area contributed by atoms with Crippen LogP contribution in [0, 0.1) is 6.92 Å². The van der Waals surface area contributed by atoms with Gasteiger partial charge < -0.3 is 10.5 Å². The number of hydrogen-bond donors (Lipinski definition) is 1. The number of nitrogens with zero attached hydrogens (tertiary/aromatic N) is 3. The van der Waals surface area contributed by atoms with E-state index in [-0.39, 0.29) is 0 Å². The summed E-state index contributed by atoms with van der Waals surface area (Å²) in [6.07, 6.45) is 0. The van der Waals surface area contributed by atoms with Crippen LogP contribution in [0.1, 0.15) is 5.69 Å². The Morgan fingerprint density at radius 3 is 2.79 bits per heavy atom. The summed E-state index contributed by atoms with van der Waals surface area (Å²) in [5.74, 6) is 0.939. The minimum Gasteiger partial charge on any atom is -0.481 e. The Morgan fingerprint density at radius 2 is 2.07 bits per heavy atom. The molecule has 0 aliphatic rings. The highest BCUT2D eigenvalue weighted by Crippen LogP contribution is 2.21. The highest BCUT2D eigenvalue weighted by Gasteiger charge is 2.06. The van der Waals surface area contributed by atoms with E-state index in [1.165, 1.54) is 0 Å². The van der Waals surface area contributed by atoms with Gasteiger partial charge in [-0.3, -0.25) is 0 Å². The van der Waals surface area contributed by atoms with Crippen LogP contribution in [0.25, 0.3) is 10.9 Å². The molecule has 2 rings (SSSR count). The minimum absolute atomic E-state index is 0.390. The molecule has 5 nitrogen and oxygen atoms in total. The highest BCUT2D eigenvalue weighted by molar-refractivity contribution is 5.89. The van der Waals surface area contributed by atoms with Crippen molar-refractivity contribution in [1.29, 1.82) is 0 Å². The maximum Gasteiger partial charge on any atom is 0.213 e. The zero-order valence-corrected chi connectivity index (χ0v) is 7.98. The Hall–Kier alpha value is -1.91. The molecule has 0 aromatic carbocycles. The molecule has 2 heterocycles. The van der Waals surface area contributed by atoms with E-state index in [2.05, 4.69) is 15.2 Å². The number of nitrogens with two attached hydrogens (primary N) is 1. The van der Waals surface area contributed by atoms with E-state index in [1.807, 2.05) is 13.0 Å². The molecule has 2 aromatic rings. The molecule has 5 heteroatoms. The Balaban J connectivity index is 2.80. The van der Waals surface area contributed by atoms with E-state index < -0.39 is 0 Å². The summed E-state index contributed by atoms with van der Waals surface area (Å²) in [7, 11) is 1.57. The molecule has 0 radical (unpaired) electrons. The lowest BCUT2D eigenvalue weighted by Crippen LogP contribution is -1.99. The number of ether oxygens (including phenoxy) is 1. The van der Waals surface area contributed by atoms with Crippen molar-refractivity contribution in [3.8, 4) is 5.88 Å². The van der Waals surface area contributed by atoms with E-state index in [0.717, 1.165) is 16.6 Å². The van der Waals surface area contributed by atoms with Gasteiger partial charge in [0, 0.05) is 11.5 Å². The number of methoxy groups -OCH3 is 1. The SMILES string of the molecule is COc1ccc2c(N)nnc(C)c2n1. The summed E-state index contributed by atoms with van der Waals surface area (Å²) in [6, 6.07) is 3.58. The second-order valence-corrected chi connectivity index (χ2v) is 2.92. The van der Waals surface area contributed by atoms with E-state index >= 15 is 0 Å². The standard InChI is InChI=1S/C9H10N4O/c1-5-8-6(9(10)13-12-5)3-4-7(11-8)14-2/h3-4H,1-2H3,(H2,10,13). The maximum atomic E-state index is 5.66. The van der Waals surface area contributed by atoms with Crippen LogP contribution >= 0.6 is 0 Å². The van der Waals surface area contributed by atoms with Gasteiger partial charge in [-0.25, -0.2) is 4.98 Å². The Kier molecular flexibility index (Phi) is 1.92. The molecular weight excluding hydrogens is 180 g/mol. The third-order valence-corrected chi connectivity index (χ3v) is 2.01. The van der Waals surface area contributed by atoms with Crippen LogP contribution in [0.2, 0.25) is 0 Å². The van der Waals surface area contributed by atoms with E-state index in [0.29, 0.717) is 11.7 Å². The van der Waals surface area contributed by atoms with Crippen molar-refractivity contribution in [3.05, 3.63) is 17.8 Å². The smallest absolute Gasteiger partial charge is 0.213 e.